The standard InChI is InChI=1S/C20H21BrN2O2/c1-14-11-18(21)12-15(2)20(14)25-13-19(24)23-22-16(3)9-10-17-7-5-4-6-8-17/h4-12H,13H2,1-3H3,(H,23,24). The first-order valence-corrected chi connectivity index (χ1v) is 8.71. The minimum atomic E-state index is -0.297. The zero-order valence-electron chi connectivity index (χ0n) is 14.5. The maximum atomic E-state index is 11.9. The van der Waals surface area contributed by atoms with Gasteiger partial charge in [-0.25, -0.2) is 5.43 Å². The van der Waals surface area contributed by atoms with Gasteiger partial charge in [0.15, 0.2) is 6.61 Å². The number of halogens is 1. The fourth-order valence-corrected chi connectivity index (χ4v) is 2.95. The second-order valence-corrected chi connectivity index (χ2v) is 6.61. The van der Waals surface area contributed by atoms with E-state index in [1.165, 1.54) is 0 Å². The highest BCUT2D eigenvalue weighted by Crippen LogP contribution is 2.27. The summed E-state index contributed by atoms with van der Waals surface area (Å²) in [5.41, 5.74) is 6.24. The summed E-state index contributed by atoms with van der Waals surface area (Å²) in [5, 5.41) is 4.05. The molecule has 0 heterocycles. The van der Waals surface area contributed by atoms with Gasteiger partial charge < -0.3 is 4.74 Å². The van der Waals surface area contributed by atoms with E-state index in [2.05, 4.69) is 26.5 Å². The molecule has 0 spiro atoms. The van der Waals surface area contributed by atoms with E-state index in [-0.39, 0.29) is 12.5 Å². The predicted octanol–water partition coefficient (Wildman–Crippen LogP) is 4.65. The SMILES string of the molecule is CC(C=Cc1ccccc1)=NNC(=O)COc1c(C)cc(Br)cc1C. The molecule has 0 unspecified atom stereocenters. The van der Waals surface area contributed by atoms with E-state index in [0.29, 0.717) is 5.71 Å². The van der Waals surface area contributed by atoms with Crippen molar-refractivity contribution in [2.45, 2.75) is 20.8 Å². The van der Waals surface area contributed by atoms with Gasteiger partial charge in [0.05, 0.1) is 5.71 Å². The van der Waals surface area contributed by atoms with Crippen LogP contribution < -0.4 is 10.2 Å². The molecule has 0 aliphatic rings. The molecule has 2 aromatic rings. The number of carbonyl (C=O) groups is 1. The van der Waals surface area contributed by atoms with E-state index >= 15 is 0 Å². The molecular formula is C20H21BrN2O2. The number of aryl methyl sites for hydroxylation is 2. The molecule has 0 atom stereocenters. The average molecular weight is 401 g/mol. The highest BCUT2D eigenvalue weighted by molar-refractivity contribution is 9.10. The van der Waals surface area contributed by atoms with Crippen LogP contribution in [0.1, 0.15) is 23.6 Å². The number of hydrogen-bond acceptors (Lipinski definition) is 3. The van der Waals surface area contributed by atoms with Crippen molar-refractivity contribution in [1.29, 1.82) is 0 Å². The van der Waals surface area contributed by atoms with Crippen LogP contribution in [0.5, 0.6) is 5.75 Å². The predicted molar refractivity (Wildman–Crippen MR) is 106 cm³/mol. The van der Waals surface area contributed by atoms with E-state index in [9.17, 15) is 4.79 Å². The highest BCUT2D eigenvalue weighted by atomic mass is 79.9. The molecule has 4 nitrogen and oxygen atoms in total. The highest BCUT2D eigenvalue weighted by Gasteiger charge is 2.08. The number of carbonyl (C=O) groups excluding carboxylic acids is 1. The monoisotopic (exact) mass is 400 g/mol. The van der Waals surface area contributed by atoms with Gasteiger partial charge in [0.25, 0.3) is 5.91 Å². The fourth-order valence-electron chi connectivity index (χ4n) is 2.26. The Kier molecular flexibility index (Phi) is 6.95. The Labute approximate surface area is 156 Å². The third-order valence-corrected chi connectivity index (χ3v) is 3.90. The number of hydrazone groups is 1. The molecule has 0 saturated heterocycles. The zero-order valence-corrected chi connectivity index (χ0v) is 16.1. The van der Waals surface area contributed by atoms with Crippen molar-refractivity contribution in [2.24, 2.45) is 5.10 Å². The number of hydrogen-bond donors (Lipinski definition) is 1. The molecule has 0 fully saturated rings. The normalized spacial score (nSPS) is 11.6. The lowest BCUT2D eigenvalue weighted by Crippen LogP contribution is -2.25. The maximum Gasteiger partial charge on any atom is 0.277 e. The molecule has 1 N–H and O–H groups in total. The van der Waals surface area contributed by atoms with Crippen LogP contribution in [-0.2, 0) is 4.79 Å². The zero-order chi connectivity index (χ0) is 18.2. The lowest BCUT2D eigenvalue weighted by Gasteiger charge is -2.11. The van der Waals surface area contributed by atoms with Crippen LogP contribution >= 0.6 is 15.9 Å². The molecule has 130 valence electrons. The number of rotatable bonds is 6. The van der Waals surface area contributed by atoms with Crippen molar-refractivity contribution in [3.63, 3.8) is 0 Å². The van der Waals surface area contributed by atoms with Gasteiger partial charge in [0.2, 0.25) is 0 Å². The number of nitrogens with one attached hydrogen (secondary N) is 1. The van der Waals surface area contributed by atoms with Gasteiger partial charge in [0, 0.05) is 4.47 Å². The van der Waals surface area contributed by atoms with Crippen LogP contribution in [0.3, 0.4) is 0 Å². The van der Waals surface area contributed by atoms with Gasteiger partial charge in [-0.2, -0.15) is 5.10 Å². The summed E-state index contributed by atoms with van der Waals surface area (Å²) in [4.78, 5) is 11.9. The third kappa shape index (κ3) is 6.19. The van der Waals surface area contributed by atoms with Gasteiger partial charge >= 0.3 is 0 Å². The molecule has 1 amide bonds. The van der Waals surface area contributed by atoms with E-state index in [0.717, 1.165) is 26.9 Å². The molecule has 0 aliphatic heterocycles. The molecular weight excluding hydrogens is 380 g/mol. The lowest BCUT2D eigenvalue weighted by molar-refractivity contribution is -0.123. The number of benzene rings is 2. The summed E-state index contributed by atoms with van der Waals surface area (Å²) in [5.74, 6) is 0.428. The van der Waals surface area contributed by atoms with Gasteiger partial charge in [-0.05, 0) is 55.7 Å². The summed E-state index contributed by atoms with van der Waals surface area (Å²) in [6.07, 6.45) is 3.79. The van der Waals surface area contributed by atoms with Crippen LogP contribution in [0, 0.1) is 13.8 Å². The van der Waals surface area contributed by atoms with E-state index < -0.39 is 0 Å². The third-order valence-electron chi connectivity index (χ3n) is 3.45. The second kappa shape index (κ2) is 9.18. The second-order valence-electron chi connectivity index (χ2n) is 5.69. The van der Waals surface area contributed by atoms with Gasteiger partial charge in [-0.1, -0.05) is 52.3 Å². The van der Waals surface area contributed by atoms with E-state index in [1.807, 2.05) is 75.4 Å². The van der Waals surface area contributed by atoms with Crippen LogP contribution in [0.15, 0.2) is 58.1 Å². The first kappa shape index (κ1) is 18.9. The topological polar surface area (TPSA) is 50.7 Å². The van der Waals surface area contributed by atoms with Gasteiger partial charge in [0.1, 0.15) is 5.75 Å². The largest absolute Gasteiger partial charge is 0.483 e. The van der Waals surface area contributed by atoms with Crippen LogP contribution in [0.4, 0.5) is 0 Å². The Morgan fingerprint density at radius 1 is 1.20 bits per heavy atom. The van der Waals surface area contributed by atoms with Gasteiger partial charge in [-0.3, -0.25) is 4.79 Å². The summed E-state index contributed by atoms with van der Waals surface area (Å²) in [6.45, 7) is 5.63. The summed E-state index contributed by atoms with van der Waals surface area (Å²) < 4.78 is 6.62. The van der Waals surface area contributed by atoms with Crippen LogP contribution in [0.25, 0.3) is 6.08 Å². The number of allylic oxidation sites excluding steroid dienone is 1. The Bertz CT molecular complexity index is 776. The molecule has 0 bridgehead atoms. The smallest absolute Gasteiger partial charge is 0.277 e. The number of ether oxygens (including phenoxy) is 1. The molecule has 0 saturated carbocycles. The minimum Gasteiger partial charge on any atom is -0.483 e. The fraction of sp³-hybridized carbons (Fsp3) is 0.200. The molecule has 25 heavy (non-hydrogen) atoms. The molecule has 2 aromatic carbocycles. The molecule has 5 heteroatoms. The lowest BCUT2D eigenvalue weighted by atomic mass is 10.1. The van der Waals surface area contributed by atoms with Crippen LogP contribution in [-0.4, -0.2) is 18.2 Å². The van der Waals surface area contributed by atoms with Gasteiger partial charge in [-0.15, -0.1) is 0 Å². The number of amides is 1. The Balaban J connectivity index is 1.87. The molecule has 2 rings (SSSR count). The maximum absolute atomic E-state index is 11.9. The van der Waals surface area contributed by atoms with Crippen molar-refractivity contribution >= 4 is 33.6 Å². The summed E-state index contributed by atoms with van der Waals surface area (Å²) in [6, 6.07) is 13.8. The molecule has 0 aliphatic carbocycles. The van der Waals surface area contributed by atoms with Crippen molar-refractivity contribution < 1.29 is 9.53 Å². The van der Waals surface area contributed by atoms with Crippen molar-refractivity contribution in [2.75, 3.05) is 6.61 Å². The van der Waals surface area contributed by atoms with Crippen molar-refractivity contribution in [3.05, 3.63) is 69.7 Å². The van der Waals surface area contributed by atoms with E-state index in [4.69, 9.17) is 4.74 Å². The minimum absolute atomic E-state index is 0.0809. The molecule has 0 aromatic heterocycles. The van der Waals surface area contributed by atoms with E-state index in [1.54, 1.807) is 0 Å². The summed E-state index contributed by atoms with van der Waals surface area (Å²) >= 11 is 3.44. The van der Waals surface area contributed by atoms with Crippen molar-refractivity contribution in [1.82, 2.24) is 5.43 Å². The quantitative estimate of drug-likeness (QED) is 0.566. The number of nitrogens with zero attached hydrogens (tertiary/aromatic N) is 1. The Hall–Kier alpha value is -2.40. The molecule has 0 radical (unpaired) electrons. The first-order chi connectivity index (χ1) is 12.0. The Morgan fingerprint density at radius 3 is 2.48 bits per heavy atom. The van der Waals surface area contributed by atoms with Crippen molar-refractivity contribution in [3.8, 4) is 5.75 Å². The Morgan fingerprint density at radius 2 is 1.84 bits per heavy atom. The first-order valence-electron chi connectivity index (χ1n) is 7.91. The summed E-state index contributed by atoms with van der Waals surface area (Å²) in [7, 11) is 0. The average Bonchev–Trinajstić information content (AvgIpc) is 2.58. The van der Waals surface area contributed by atoms with Crippen LogP contribution in [0.2, 0.25) is 0 Å².